The molecule has 0 radical (unpaired) electrons. The van der Waals surface area contributed by atoms with Gasteiger partial charge in [-0.25, -0.2) is 12.8 Å². The third-order valence-corrected chi connectivity index (χ3v) is 4.68. The zero-order chi connectivity index (χ0) is 13.2. The lowest BCUT2D eigenvalue weighted by Crippen LogP contribution is -2.04. The van der Waals surface area contributed by atoms with Gasteiger partial charge in [0.05, 0.1) is 10.6 Å². The zero-order valence-electron chi connectivity index (χ0n) is 9.31. The van der Waals surface area contributed by atoms with E-state index in [0.717, 1.165) is 4.47 Å². The van der Waals surface area contributed by atoms with E-state index in [-0.39, 0.29) is 16.5 Å². The van der Waals surface area contributed by atoms with E-state index in [0.29, 0.717) is 5.56 Å². The largest absolute Gasteiger partial charge is 0.223 e. The van der Waals surface area contributed by atoms with Crippen molar-refractivity contribution in [3.63, 3.8) is 0 Å². The maximum Gasteiger partial charge on any atom is 0.182 e. The molecule has 2 aromatic carbocycles. The molecule has 0 N–H and O–H groups in total. The fraction of sp³-hybridized carbons (Fsp3) is 0.0769. The van der Waals surface area contributed by atoms with Gasteiger partial charge in [-0.05, 0) is 42.0 Å². The van der Waals surface area contributed by atoms with Crippen LogP contribution in [-0.2, 0) is 15.6 Å². The molecule has 2 aromatic rings. The Morgan fingerprint density at radius 3 is 2.06 bits per heavy atom. The van der Waals surface area contributed by atoms with Crippen LogP contribution < -0.4 is 0 Å². The van der Waals surface area contributed by atoms with Gasteiger partial charge < -0.3 is 0 Å². The molecule has 0 unspecified atom stereocenters. The average Bonchev–Trinajstić information content (AvgIpc) is 2.32. The first-order valence-electron chi connectivity index (χ1n) is 5.20. The van der Waals surface area contributed by atoms with Crippen molar-refractivity contribution in [3.8, 4) is 0 Å². The van der Waals surface area contributed by atoms with Crippen LogP contribution in [0.4, 0.5) is 4.39 Å². The summed E-state index contributed by atoms with van der Waals surface area (Å²) in [6.07, 6.45) is 0. The van der Waals surface area contributed by atoms with Crippen LogP contribution in [0.15, 0.2) is 57.9 Å². The molecular formula is C13H10BrFO2S. The van der Waals surface area contributed by atoms with Crippen LogP contribution in [0.1, 0.15) is 5.56 Å². The summed E-state index contributed by atoms with van der Waals surface area (Å²) in [7, 11) is -3.39. The highest BCUT2D eigenvalue weighted by atomic mass is 79.9. The van der Waals surface area contributed by atoms with Crippen molar-refractivity contribution in [1.82, 2.24) is 0 Å². The molecule has 0 atom stereocenters. The first kappa shape index (κ1) is 13.2. The van der Waals surface area contributed by atoms with Crippen LogP contribution in [0.2, 0.25) is 0 Å². The first-order chi connectivity index (χ1) is 8.47. The second kappa shape index (κ2) is 5.20. The fourth-order valence-electron chi connectivity index (χ4n) is 1.53. The van der Waals surface area contributed by atoms with Crippen molar-refractivity contribution in [1.29, 1.82) is 0 Å². The fourth-order valence-corrected chi connectivity index (χ4v) is 3.14. The number of benzene rings is 2. The Morgan fingerprint density at radius 1 is 0.944 bits per heavy atom. The van der Waals surface area contributed by atoms with Gasteiger partial charge in [0.15, 0.2) is 9.84 Å². The van der Waals surface area contributed by atoms with E-state index in [2.05, 4.69) is 15.9 Å². The second-order valence-corrected chi connectivity index (χ2v) is 6.74. The van der Waals surface area contributed by atoms with Crippen molar-refractivity contribution in [2.45, 2.75) is 10.6 Å². The van der Waals surface area contributed by atoms with Crippen LogP contribution in [-0.4, -0.2) is 8.42 Å². The third-order valence-electron chi connectivity index (χ3n) is 2.44. The normalized spacial score (nSPS) is 11.4. The lowest BCUT2D eigenvalue weighted by atomic mass is 10.2. The molecule has 18 heavy (non-hydrogen) atoms. The zero-order valence-corrected chi connectivity index (χ0v) is 11.7. The summed E-state index contributed by atoms with van der Waals surface area (Å²) in [6, 6.07) is 11.9. The van der Waals surface area contributed by atoms with Crippen molar-refractivity contribution in [3.05, 3.63) is 64.4 Å². The molecule has 94 valence electrons. The van der Waals surface area contributed by atoms with E-state index >= 15 is 0 Å². The van der Waals surface area contributed by atoms with Gasteiger partial charge in [0.25, 0.3) is 0 Å². The highest BCUT2D eigenvalue weighted by Gasteiger charge is 2.15. The molecule has 0 spiro atoms. The van der Waals surface area contributed by atoms with E-state index in [4.69, 9.17) is 0 Å². The quantitative estimate of drug-likeness (QED) is 0.863. The average molecular weight is 329 g/mol. The van der Waals surface area contributed by atoms with Crippen LogP contribution in [0, 0.1) is 5.82 Å². The molecule has 0 fully saturated rings. The minimum Gasteiger partial charge on any atom is -0.223 e. The molecular weight excluding hydrogens is 319 g/mol. The van der Waals surface area contributed by atoms with Gasteiger partial charge in [-0.15, -0.1) is 0 Å². The number of halogens is 2. The molecule has 0 aliphatic rings. The highest BCUT2D eigenvalue weighted by molar-refractivity contribution is 9.10. The Hall–Kier alpha value is -1.20. The van der Waals surface area contributed by atoms with Crippen molar-refractivity contribution in [2.24, 2.45) is 0 Å². The summed E-state index contributed by atoms with van der Waals surface area (Å²) >= 11 is 3.25. The Kier molecular flexibility index (Phi) is 3.82. The highest BCUT2D eigenvalue weighted by Crippen LogP contribution is 2.19. The number of hydrogen-bond donors (Lipinski definition) is 0. The van der Waals surface area contributed by atoms with Crippen molar-refractivity contribution in [2.75, 3.05) is 0 Å². The Balaban J connectivity index is 2.27. The summed E-state index contributed by atoms with van der Waals surface area (Å²) in [5.74, 6) is -0.505. The standard InChI is InChI=1S/C13H10BrFO2S/c14-11-3-7-13(8-4-11)18(16,17)9-10-1-5-12(15)6-2-10/h1-8H,9H2. The van der Waals surface area contributed by atoms with E-state index in [1.54, 1.807) is 24.3 Å². The van der Waals surface area contributed by atoms with Crippen molar-refractivity contribution < 1.29 is 12.8 Å². The first-order valence-corrected chi connectivity index (χ1v) is 7.65. The van der Waals surface area contributed by atoms with Gasteiger partial charge in [-0.3, -0.25) is 0 Å². The van der Waals surface area contributed by atoms with Gasteiger partial charge in [0, 0.05) is 4.47 Å². The molecule has 0 aliphatic carbocycles. The summed E-state index contributed by atoms with van der Waals surface area (Å²) in [6.45, 7) is 0. The third kappa shape index (κ3) is 3.17. The summed E-state index contributed by atoms with van der Waals surface area (Å²) < 4.78 is 37.7. The number of rotatable bonds is 3. The molecule has 0 amide bonds. The minimum atomic E-state index is -3.39. The lowest BCUT2D eigenvalue weighted by molar-refractivity contribution is 0.595. The summed E-state index contributed by atoms with van der Waals surface area (Å²) in [4.78, 5) is 0.259. The summed E-state index contributed by atoms with van der Waals surface area (Å²) in [5, 5.41) is 0. The van der Waals surface area contributed by atoms with E-state index in [1.165, 1.54) is 24.3 Å². The van der Waals surface area contributed by atoms with Gasteiger partial charge in [-0.2, -0.15) is 0 Å². The molecule has 0 aromatic heterocycles. The predicted octanol–water partition coefficient (Wildman–Crippen LogP) is 3.56. The Morgan fingerprint density at radius 2 is 1.50 bits per heavy atom. The summed E-state index contributed by atoms with van der Waals surface area (Å²) in [5.41, 5.74) is 0.569. The van der Waals surface area contributed by atoms with Gasteiger partial charge >= 0.3 is 0 Å². The maximum absolute atomic E-state index is 12.7. The van der Waals surface area contributed by atoms with Crippen molar-refractivity contribution >= 4 is 25.8 Å². The minimum absolute atomic E-state index is 0.130. The Bertz CT molecular complexity index is 634. The topological polar surface area (TPSA) is 34.1 Å². The van der Waals surface area contributed by atoms with Crippen LogP contribution in [0.5, 0.6) is 0 Å². The van der Waals surface area contributed by atoms with E-state index in [1.807, 2.05) is 0 Å². The smallest absolute Gasteiger partial charge is 0.182 e. The molecule has 0 saturated heterocycles. The SMILES string of the molecule is O=S(=O)(Cc1ccc(F)cc1)c1ccc(Br)cc1. The maximum atomic E-state index is 12.7. The van der Waals surface area contributed by atoms with Gasteiger partial charge in [0.2, 0.25) is 0 Å². The monoisotopic (exact) mass is 328 g/mol. The van der Waals surface area contributed by atoms with Gasteiger partial charge in [-0.1, -0.05) is 28.1 Å². The molecule has 5 heteroatoms. The van der Waals surface area contributed by atoms with Crippen LogP contribution >= 0.6 is 15.9 Å². The second-order valence-electron chi connectivity index (χ2n) is 3.84. The van der Waals surface area contributed by atoms with E-state index < -0.39 is 9.84 Å². The molecule has 2 nitrogen and oxygen atoms in total. The lowest BCUT2D eigenvalue weighted by Gasteiger charge is -2.04. The number of hydrogen-bond acceptors (Lipinski definition) is 2. The number of sulfone groups is 1. The van der Waals surface area contributed by atoms with Crippen LogP contribution in [0.25, 0.3) is 0 Å². The Labute approximate surface area is 114 Å². The van der Waals surface area contributed by atoms with Crippen LogP contribution in [0.3, 0.4) is 0 Å². The molecule has 0 aliphatic heterocycles. The predicted molar refractivity (Wildman–Crippen MR) is 71.4 cm³/mol. The molecule has 0 saturated carbocycles. The molecule has 0 bridgehead atoms. The van der Waals surface area contributed by atoms with Gasteiger partial charge in [0.1, 0.15) is 5.82 Å². The molecule has 0 heterocycles. The molecule has 2 rings (SSSR count). The van der Waals surface area contributed by atoms with E-state index in [9.17, 15) is 12.8 Å².